The molecule has 0 N–H and O–H groups in total. The third kappa shape index (κ3) is 3.14. The topological polar surface area (TPSA) is 57.7 Å². The molecule has 0 aliphatic carbocycles. The van der Waals surface area contributed by atoms with Crippen LogP contribution in [0.4, 0.5) is 13.2 Å². The van der Waals surface area contributed by atoms with Gasteiger partial charge in [-0.2, -0.15) is 13.2 Å². The van der Waals surface area contributed by atoms with Crippen molar-refractivity contribution in [3.05, 3.63) is 23.8 Å². The van der Waals surface area contributed by atoms with Gasteiger partial charge < -0.3 is 14.2 Å². The average molecular weight is 345 g/mol. The number of fused-ring (bicyclic) bond motifs is 2. The Morgan fingerprint density at radius 2 is 2.00 bits per heavy atom. The average Bonchev–Trinajstić information content (AvgIpc) is 2.95. The highest BCUT2D eigenvalue weighted by Crippen LogP contribution is 2.42. The number of carbonyl (C=O) groups excluding carboxylic acids is 1. The molecule has 2 aromatic rings. The number of methoxy groups -OCH3 is 1. The highest BCUT2D eigenvalue weighted by atomic mass is 32.2. The molecule has 1 aromatic carbocycles. The normalized spacial score (nSPS) is 13.4. The Morgan fingerprint density at radius 1 is 1.30 bits per heavy atom. The molecule has 0 amide bonds. The highest BCUT2D eigenvalue weighted by molar-refractivity contribution is 7.99. The number of rotatable bonds is 3. The second-order valence-corrected chi connectivity index (χ2v) is 5.59. The fourth-order valence-electron chi connectivity index (χ4n) is 2.09. The summed E-state index contributed by atoms with van der Waals surface area (Å²) in [6, 6.07) is 3.58. The quantitative estimate of drug-likeness (QED) is 0.629. The van der Waals surface area contributed by atoms with E-state index in [1.165, 1.54) is 19.2 Å². The predicted octanol–water partition coefficient (Wildman–Crippen LogP) is 3.25. The number of pyridine rings is 1. The Kier molecular flexibility index (Phi) is 3.97. The third-order valence-corrected chi connectivity index (χ3v) is 4.04. The molecule has 0 saturated heterocycles. The largest absolute Gasteiger partial charge is 0.468 e. The molecule has 0 fully saturated rings. The van der Waals surface area contributed by atoms with Gasteiger partial charge in [0.05, 0.1) is 29.0 Å². The minimum Gasteiger partial charge on any atom is -0.468 e. The van der Waals surface area contributed by atoms with E-state index in [-0.39, 0.29) is 34.2 Å². The molecule has 2 heterocycles. The third-order valence-electron chi connectivity index (χ3n) is 3.15. The Bertz CT molecular complexity index is 779. The molecule has 0 unspecified atom stereocenters. The van der Waals surface area contributed by atoms with Gasteiger partial charge in [0.1, 0.15) is 0 Å². The van der Waals surface area contributed by atoms with Crippen LogP contribution in [0.1, 0.15) is 5.56 Å². The molecule has 9 heteroatoms. The predicted molar refractivity (Wildman–Crippen MR) is 75.6 cm³/mol. The van der Waals surface area contributed by atoms with Crippen LogP contribution in [0.2, 0.25) is 0 Å². The van der Waals surface area contributed by atoms with Crippen LogP contribution in [-0.2, 0) is 15.7 Å². The van der Waals surface area contributed by atoms with Crippen molar-refractivity contribution < 1.29 is 32.2 Å². The first-order valence-corrected chi connectivity index (χ1v) is 7.38. The van der Waals surface area contributed by atoms with Crippen molar-refractivity contribution in [3.63, 3.8) is 0 Å². The van der Waals surface area contributed by atoms with Crippen LogP contribution in [0.5, 0.6) is 11.5 Å². The first kappa shape index (κ1) is 15.7. The maximum Gasteiger partial charge on any atom is 0.417 e. The molecule has 122 valence electrons. The molecule has 0 atom stereocenters. The van der Waals surface area contributed by atoms with E-state index in [1.54, 1.807) is 0 Å². The van der Waals surface area contributed by atoms with Crippen LogP contribution in [0.3, 0.4) is 0 Å². The van der Waals surface area contributed by atoms with E-state index in [1.807, 2.05) is 0 Å². The standard InChI is InChI=1S/C14H10F3NO4S/c1-20-13(19)5-23-12-3-8(14(15,16)17)7-2-10-11(22-6-21-10)4-9(7)18-12/h2-4H,5-6H2,1H3. The van der Waals surface area contributed by atoms with Crippen LogP contribution in [-0.4, -0.2) is 30.6 Å². The number of carbonyl (C=O) groups is 1. The van der Waals surface area contributed by atoms with E-state index in [9.17, 15) is 18.0 Å². The van der Waals surface area contributed by atoms with E-state index in [2.05, 4.69) is 9.72 Å². The Hall–Kier alpha value is -2.16. The zero-order chi connectivity index (χ0) is 16.6. The molecule has 1 aliphatic rings. The Balaban J connectivity index is 2.09. The van der Waals surface area contributed by atoms with Gasteiger partial charge in [-0.05, 0) is 12.1 Å². The molecular formula is C14H10F3NO4S. The number of esters is 1. The maximum atomic E-state index is 13.3. The van der Waals surface area contributed by atoms with E-state index in [4.69, 9.17) is 9.47 Å². The molecule has 3 rings (SSSR count). The summed E-state index contributed by atoms with van der Waals surface area (Å²) in [5.74, 6) is -0.0826. The fraction of sp³-hybridized carbons (Fsp3) is 0.286. The van der Waals surface area contributed by atoms with Crippen molar-refractivity contribution in [2.75, 3.05) is 19.7 Å². The molecule has 0 radical (unpaired) electrons. The van der Waals surface area contributed by atoms with Gasteiger partial charge in [0.2, 0.25) is 6.79 Å². The van der Waals surface area contributed by atoms with Gasteiger partial charge in [-0.15, -0.1) is 0 Å². The van der Waals surface area contributed by atoms with E-state index in [0.29, 0.717) is 5.75 Å². The van der Waals surface area contributed by atoms with Crippen LogP contribution < -0.4 is 9.47 Å². The van der Waals surface area contributed by atoms with Crippen molar-refractivity contribution in [1.82, 2.24) is 4.98 Å². The lowest BCUT2D eigenvalue weighted by Crippen LogP contribution is -2.08. The summed E-state index contributed by atoms with van der Waals surface area (Å²) < 4.78 is 54.7. The maximum absolute atomic E-state index is 13.3. The van der Waals surface area contributed by atoms with Crippen molar-refractivity contribution >= 4 is 28.6 Å². The number of alkyl halides is 3. The van der Waals surface area contributed by atoms with Crippen molar-refractivity contribution in [2.24, 2.45) is 0 Å². The molecule has 23 heavy (non-hydrogen) atoms. The summed E-state index contributed by atoms with van der Waals surface area (Å²) >= 11 is 0.874. The van der Waals surface area contributed by atoms with Gasteiger partial charge in [-0.3, -0.25) is 4.79 Å². The number of halogens is 3. The Labute approximate surface area is 132 Å². The fourth-order valence-corrected chi connectivity index (χ4v) is 2.84. The SMILES string of the molecule is COC(=O)CSc1cc(C(F)(F)F)c2cc3c(cc2n1)OCO3. The second-order valence-electron chi connectivity index (χ2n) is 4.59. The Morgan fingerprint density at radius 3 is 2.65 bits per heavy atom. The van der Waals surface area contributed by atoms with Crippen LogP contribution in [0.15, 0.2) is 23.2 Å². The molecule has 0 spiro atoms. The highest BCUT2D eigenvalue weighted by Gasteiger charge is 2.34. The number of hydrogen-bond acceptors (Lipinski definition) is 6. The van der Waals surface area contributed by atoms with Gasteiger partial charge in [-0.1, -0.05) is 11.8 Å². The van der Waals surface area contributed by atoms with Crippen LogP contribution >= 0.6 is 11.8 Å². The van der Waals surface area contributed by atoms with Crippen molar-refractivity contribution in [3.8, 4) is 11.5 Å². The van der Waals surface area contributed by atoms with E-state index < -0.39 is 17.7 Å². The molecule has 0 bridgehead atoms. The number of thioether (sulfide) groups is 1. The first-order chi connectivity index (χ1) is 10.9. The molecule has 1 aliphatic heterocycles. The number of benzene rings is 1. The summed E-state index contributed by atoms with van der Waals surface area (Å²) in [4.78, 5) is 15.3. The van der Waals surface area contributed by atoms with Crippen molar-refractivity contribution in [2.45, 2.75) is 11.2 Å². The number of nitrogens with zero attached hydrogens (tertiary/aromatic N) is 1. The van der Waals surface area contributed by atoms with Gasteiger partial charge in [0, 0.05) is 11.5 Å². The summed E-state index contributed by atoms with van der Waals surface area (Å²) in [6.45, 7) is -0.0447. The first-order valence-electron chi connectivity index (χ1n) is 6.39. The smallest absolute Gasteiger partial charge is 0.417 e. The lowest BCUT2D eigenvalue weighted by molar-refractivity contribution is -0.137. The minimum absolute atomic E-state index is 0.0447. The molecule has 5 nitrogen and oxygen atoms in total. The van der Waals surface area contributed by atoms with Crippen LogP contribution in [0.25, 0.3) is 10.9 Å². The lowest BCUT2D eigenvalue weighted by atomic mass is 10.1. The summed E-state index contributed by atoms with van der Waals surface area (Å²) in [6.07, 6.45) is -4.56. The number of hydrogen-bond donors (Lipinski definition) is 0. The van der Waals surface area contributed by atoms with Crippen LogP contribution in [0, 0.1) is 0 Å². The summed E-state index contributed by atoms with van der Waals surface area (Å²) in [7, 11) is 1.21. The molecule has 1 aromatic heterocycles. The van der Waals surface area contributed by atoms with Gasteiger partial charge in [0.25, 0.3) is 0 Å². The summed E-state index contributed by atoms with van der Waals surface area (Å²) in [5.41, 5.74) is -0.718. The molecular weight excluding hydrogens is 335 g/mol. The second kappa shape index (κ2) is 5.80. The monoisotopic (exact) mass is 345 g/mol. The van der Waals surface area contributed by atoms with Gasteiger partial charge in [0.15, 0.2) is 11.5 Å². The summed E-state index contributed by atoms with van der Waals surface area (Å²) in [5, 5.41) is -0.00161. The zero-order valence-electron chi connectivity index (χ0n) is 11.8. The molecule has 0 saturated carbocycles. The van der Waals surface area contributed by atoms with Crippen molar-refractivity contribution in [1.29, 1.82) is 0 Å². The minimum atomic E-state index is -4.56. The van der Waals surface area contributed by atoms with Gasteiger partial charge >= 0.3 is 12.1 Å². The van der Waals surface area contributed by atoms with E-state index >= 15 is 0 Å². The zero-order valence-corrected chi connectivity index (χ0v) is 12.6. The lowest BCUT2D eigenvalue weighted by Gasteiger charge is -2.12. The van der Waals surface area contributed by atoms with Gasteiger partial charge in [-0.25, -0.2) is 4.98 Å². The van der Waals surface area contributed by atoms with E-state index in [0.717, 1.165) is 17.8 Å². The number of aromatic nitrogens is 1. The number of ether oxygens (including phenoxy) is 3.